The fourth-order valence-electron chi connectivity index (χ4n) is 1.71. The van der Waals surface area contributed by atoms with Gasteiger partial charge in [-0.2, -0.15) is 0 Å². The molecule has 0 radical (unpaired) electrons. The summed E-state index contributed by atoms with van der Waals surface area (Å²) in [5.41, 5.74) is 2.16. The predicted molar refractivity (Wildman–Crippen MR) is 67.2 cm³/mol. The maximum absolute atomic E-state index is 5.94. The van der Waals surface area contributed by atoms with Crippen LogP contribution in [0.4, 0.5) is 0 Å². The van der Waals surface area contributed by atoms with Crippen molar-refractivity contribution in [2.24, 2.45) is 0 Å². The first kappa shape index (κ1) is 13.7. The van der Waals surface area contributed by atoms with Crippen LogP contribution >= 0.6 is 11.6 Å². The molecule has 1 aromatic carbocycles. The molecule has 3 nitrogen and oxygen atoms in total. The van der Waals surface area contributed by atoms with Crippen molar-refractivity contribution in [3.63, 3.8) is 0 Å². The standard InChI is InChI=1S/C11H17ClO3Si/c1-9-5-6-11(10(7-9)8-12)16(13-2,14-3)15-4/h5-7H,8H2,1-4H3. The number of aryl methyl sites for hydroxylation is 1. The summed E-state index contributed by atoms with van der Waals surface area (Å²) >= 11 is 5.94. The van der Waals surface area contributed by atoms with Crippen LogP contribution in [0.2, 0.25) is 0 Å². The van der Waals surface area contributed by atoms with Crippen molar-refractivity contribution in [1.82, 2.24) is 0 Å². The maximum Gasteiger partial charge on any atom is 0.536 e. The molecular weight excluding hydrogens is 244 g/mol. The van der Waals surface area contributed by atoms with E-state index in [9.17, 15) is 0 Å². The van der Waals surface area contributed by atoms with E-state index in [1.807, 2.05) is 25.1 Å². The highest BCUT2D eigenvalue weighted by atomic mass is 35.5. The number of halogens is 1. The number of hydrogen-bond acceptors (Lipinski definition) is 3. The smallest absolute Gasteiger partial charge is 0.373 e. The molecule has 0 aromatic heterocycles. The quantitative estimate of drug-likeness (QED) is 0.597. The highest BCUT2D eigenvalue weighted by Gasteiger charge is 2.42. The topological polar surface area (TPSA) is 27.7 Å². The SMILES string of the molecule is CO[Si](OC)(OC)c1ccc(C)cc1CCl. The molecule has 0 aliphatic heterocycles. The molecule has 16 heavy (non-hydrogen) atoms. The number of hydrogen-bond donors (Lipinski definition) is 0. The lowest BCUT2D eigenvalue weighted by Gasteiger charge is -2.26. The van der Waals surface area contributed by atoms with E-state index in [-0.39, 0.29) is 0 Å². The van der Waals surface area contributed by atoms with Gasteiger partial charge in [-0.05, 0) is 12.5 Å². The molecule has 0 aliphatic rings. The Bertz CT molecular complexity index is 345. The summed E-state index contributed by atoms with van der Waals surface area (Å²) in [4.78, 5) is 0. The third kappa shape index (κ3) is 2.47. The van der Waals surface area contributed by atoms with Crippen LogP contribution in [0.5, 0.6) is 0 Å². The molecule has 0 unspecified atom stereocenters. The zero-order valence-electron chi connectivity index (χ0n) is 10.0. The van der Waals surface area contributed by atoms with Crippen molar-refractivity contribution in [2.75, 3.05) is 21.3 Å². The van der Waals surface area contributed by atoms with E-state index >= 15 is 0 Å². The summed E-state index contributed by atoms with van der Waals surface area (Å²) in [6, 6.07) is 6.00. The van der Waals surface area contributed by atoms with Gasteiger partial charge >= 0.3 is 8.80 Å². The lowest BCUT2D eigenvalue weighted by Crippen LogP contribution is -2.55. The van der Waals surface area contributed by atoms with Crippen molar-refractivity contribution < 1.29 is 13.3 Å². The summed E-state index contributed by atoms with van der Waals surface area (Å²) < 4.78 is 16.3. The highest BCUT2D eigenvalue weighted by molar-refractivity contribution is 6.75. The van der Waals surface area contributed by atoms with Crippen LogP contribution in [0.25, 0.3) is 0 Å². The van der Waals surface area contributed by atoms with Gasteiger partial charge in [-0.3, -0.25) is 0 Å². The first-order valence-electron chi connectivity index (χ1n) is 4.95. The van der Waals surface area contributed by atoms with Gasteiger partial charge in [0, 0.05) is 32.4 Å². The van der Waals surface area contributed by atoms with Gasteiger partial charge in [0.05, 0.1) is 0 Å². The number of rotatable bonds is 5. The molecule has 0 heterocycles. The lowest BCUT2D eigenvalue weighted by atomic mass is 10.2. The molecule has 1 rings (SSSR count). The monoisotopic (exact) mass is 260 g/mol. The fraction of sp³-hybridized carbons (Fsp3) is 0.455. The van der Waals surface area contributed by atoms with Gasteiger partial charge < -0.3 is 13.3 Å². The first-order valence-corrected chi connectivity index (χ1v) is 7.21. The molecule has 0 fully saturated rings. The number of alkyl halides is 1. The third-order valence-corrected chi connectivity index (χ3v) is 5.59. The maximum atomic E-state index is 5.94. The van der Waals surface area contributed by atoms with E-state index in [1.54, 1.807) is 21.3 Å². The minimum atomic E-state index is -2.77. The number of benzene rings is 1. The van der Waals surface area contributed by atoms with Gasteiger partial charge in [-0.1, -0.05) is 23.8 Å². The molecule has 0 saturated heterocycles. The molecule has 5 heteroatoms. The Morgan fingerprint density at radius 3 is 2.12 bits per heavy atom. The van der Waals surface area contributed by atoms with Crippen molar-refractivity contribution in [3.8, 4) is 0 Å². The first-order chi connectivity index (χ1) is 7.63. The second kappa shape index (κ2) is 5.79. The minimum Gasteiger partial charge on any atom is -0.373 e. The normalized spacial score (nSPS) is 11.8. The van der Waals surface area contributed by atoms with Crippen molar-refractivity contribution >= 4 is 25.6 Å². The summed E-state index contributed by atoms with van der Waals surface area (Å²) in [6.45, 7) is 2.02. The van der Waals surface area contributed by atoms with Gasteiger partial charge in [0.1, 0.15) is 0 Å². The van der Waals surface area contributed by atoms with Crippen LogP contribution in [0.15, 0.2) is 18.2 Å². The van der Waals surface area contributed by atoms with Crippen molar-refractivity contribution in [2.45, 2.75) is 12.8 Å². The summed E-state index contributed by atoms with van der Waals surface area (Å²) in [7, 11) is 2.02. The van der Waals surface area contributed by atoms with Gasteiger partial charge in [-0.15, -0.1) is 11.6 Å². The zero-order chi connectivity index (χ0) is 12.2. The second-order valence-corrected chi connectivity index (χ2v) is 6.61. The molecule has 1 aromatic rings. The Hall–Kier alpha value is -0.393. The van der Waals surface area contributed by atoms with E-state index in [0.29, 0.717) is 5.88 Å². The molecule has 0 saturated carbocycles. The Morgan fingerprint density at radius 2 is 1.69 bits per heavy atom. The molecule has 0 bridgehead atoms. The Morgan fingerprint density at radius 1 is 1.12 bits per heavy atom. The van der Waals surface area contributed by atoms with E-state index in [4.69, 9.17) is 24.9 Å². The van der Waals surface area contributed by atoms with Gasteiger partial charge in [0.2, 0.25) is 0 Å². The Kier molecular flexibility index (Phi) is 4.95. The van der Waals surface area contributed by atoms with E-state index < -0.39 is 8.80 Å². The van der Waals surface area contributed by atoms with Crippen molar-refractivity contribution in [1.29, 1.82) is 0 Å². The summed E-state index contributed by atoms with van der Waals surface area (Å²) in [5.74, 6) is 0.418. The summed E-state index contributed by atoms with van der Waals surface area (Å²) in [6.07, 6.45) is 0. The van der Waals surface area contributed by atoms with Crippen LogP contribution in [0.3, 0.4) is 0 Å². The molecule has 0 N–H and O–H groups in total. The van der Waals surface area contributed by atoms with Crippen molar-refractivity contribution in [3.05, 3.63) is 29.3 Å². The third-order valence-electron chi connectivity index (χ3n) is 2.54. The van der Waals surface area contributed by atoms with E-state index in [1.165, 1.54) is 0 Å². The predicted octanol–water partition coefficient (Wildman–Crippen LogP) is 1.82. The van der Waals surface area contributed by atoms with E-state index in [0.717, 1.165) is 16.3 Å². The van der Waals surface area contributed by atoms with Gasteiger partial charge in [0.25, 0.3) is 0 Å². The second-order valence-electron chi connectivity index (χ2n) is 3.46. The molecule has 0 aliphatic carbocycles. The van der Waals surface area contributed by atoms with Crippen LogP contribution < -0.4 is 5.19 Å². The van der Waals surface area contributed by atoms with Crippen LogP contribution in [-0.2, 0) is 19.2 Å². The molecule has 0 amide bonds. The molecule has 0 spiro atoms. The van der Waals surface area contributed by atoms with Gasteiger partial charge in [-0.25, -0.2) is 0 Å². The average Bonchev–Trinajstić information content (AvgIpc) is 2.33. The molecular formula is C11H17ClO3Si. The highest BCUT2D eigenvalue weighted by Crippen LogP contribution is 2.13. The Balaban J connectivity index is 3.28. The molecule has 90 valence electrons. The van der Waals surface area contributed by atoms with E-state index in [2.05, 4.69) is 0 Å². The lowest BCUT2D eigenvalue weighted by molar-refractivity contribution is 0.140. The van der Waals surface area contributed by atoms with Crippen LogP contribution in [0.1, 0.15) is 11.1 Å². The largest absolute Gasteiger partial charge is 0.536 e. The zero-order valence-corrected chi connectivity index (χ0v) is 11.8. The minimum absolute atomic E-state index is 0.418. The van der Waals surface area contributed by atoms with Crippen LogP contribution in [0, 0.1) is 6.92 Å². The molecule has 0 atom stereocenters. The Labute approximate surface area is 103 Å². The summed E-state index contributed by atoms with van der Waals surface area (Å²) in [5, 5.41) is 0.931. The van der Waals surface area contributed by atoms with Crippen LogP contribution in [-0.4, -0.2) is 30.1 Å². The average molecular weight is 261 g/mol. The fourth-order valence-corrected chi connectivity index (χ4v) is 4.05. The van der Waals surface area contributed by atoms with Gasteiger partial charge in [0.15, 0.2) is 0 Å².